The van der Waals surface area contributed by atoms with E-state index in [1.807, 2.05) is 0 Å². The van der Waals surface area contributed by atoms with Gasteiger partial charge in [-0.2, -0.15) is 0 Å². The van der Waals surface area contributed by atoms with Gasteiger partial charge in [0, 0.05) is 13.2 Å². The molecule has 2 rings (SSSR count). The molecular formula is C16H37NOSi3. The molecule has 124 valence electrons. The molecule has 21 heavy (non-hydrogen) atoms. The van der Waals surface area contributed by atoms with Crippen LogP contribution in [0.3, 0.4) is 0 Å². The van der Waals surface area contributed by atoms with Crippen LogP contribution >= 0.6 is 0 Å². The van der Waals surface area contributed by atoms with E-state index in [4.69, 9.17) is 4.43 Å². The molecule has 2 aliphatic heterocycles. The Hall–Kier alpha value is 0.571. The van der Waals surface area contributed by atoms with E-state index < -0.39 is 22.5 Å². The SMILES string of the molecule is CC1(C)C[Si](C)(C)[Si](C)(C)[Si](C)(CCCN2CCCC2)O1. The molecular weight excluding hydrogens is 306 g/mol. The molecule has 0 bridgehead atoms. The van der Waals surface area contributed by atoms with Gasteiger partial charge in [-0.1, -0.05) is 26.2 Å². The van der Waals surface area contributed by atoms with E-state index in [0.717, 1.165) is 0 Å². The third-order valence-electron chi connectivity index (χ3n) is 6.71. The predicted octanol–water partition coefficient (Wildman–Crippen LogP) is 4.43. The summed E-state index contributed by atoms with van der Waals surface area (Å²) in [5.74, 6) is 0. The predicted molar refractivity (Wildman–Crippen MR) is 102 cm³/mol. The second-order valence-corrected chi connectivity index (χ2v) is 36.2. The fourth-order valence-electron chi connectivity index (χ4n) is 4.78. The second-order valence-electron chi connectivity index (χ2n) is 9.43. The van der Waals surface area contributed by atoms with Gasteiger partial charge in [0.2, 0.25) is 0 Å². The number of hydrogen-bond donors (Lipinski definition) is 0. The van der Waals surface area contributed by atoms with E-state index in [9.17, 15) is 0 Å². The van der Waals surface area contributed by atoms with E-state index in [0.29, 0.717) is 0 Å². The van der Waals surface area contributed by atoms with Crippen molar-refractivity contribution >= 4 is 22.5 Å². The average Bonchev–Trinajstić information content (AvgIpc) is 2.77. The molecule has 0 aliphatic carbocycles. The average molecular weight is 344 g/mol. The number of rotatable bonds is 4. The Labute approximate surface area is 135 Å². The van der Waals surface area contributed by atoms with E-state index in [1.165, 1.54) is 51.0 Å². The first-order valence-corrected chi connectivity index (χ1v) is 19.7. The Morgan fingerprint density at radius 2 is 1.57 bits per heavy atom. The monoisotopic (exact) mass is 343 g/mol. The summed E-state index contributed by atoms with van der Waals surface area (Å²) in [6.07, 6.45) is 4.20. The zero-order chi connectivity index (χ0) is 15.9. The van der Waals surface area contributed by atoms with Gasteiger partial charge in [-0.15, -0.1) is 0 Å². The third kappa shape index (κ3) is 3.57. The number of hydrogen-bond acceptors (Lipinski definition) is 2. The maximum Gasteiger partial charge on any atom is 0.175 e. The lowest BCUT2D eigenvalue weighted by molar-refractivity contribution is 0.119. The molecule has 2 heterocycles. The lowest BCUT2D eigenvalue weighted by Gasteiger charge is -2.59. The van der Waals surface area contributed by atoms with Crippen molar-refractivity contribution in [2.45, 2.75) is 83.5 Å². The highest BCUT2D eigenvalue weighted by atomic mass is 29.6. The summed E-state index contributed by atoms with van der Waals surface area (Å²) >= 11 is 0. The smallest absolute Gasteiger partial charge is 0.175 e. The molecule has 2 aliphatic rings. The third-order valence-corrected chi connectivity index (χ3v) is 47.3. The van der Waals surface area contributed by atoms with Crippen LogP contribution in [0.5, 0.6) is 0 Å². The topological polar surface area (TPSA) is 12.5 Å². The van der Waals surface area contributed by atoms with Gasteiger partial charge in [-0.3, -0.25) is 0 Å². The minimum atomic E-state index is -1.53. The highest BCUT2D eigenvalue weighted by Crippen LogP contribution is 2.45. The van der Waals surface area contributed by atoms with Crippen LogP contribution in [-0.2, 0) is 4.43 Å². The van der Waals surface area contributed by atoms with Gasteiger partial charge in [-0.05, 0) is 71.4 Å². The van der Waals surface area contributed by atoms with Crippen LogP contribution in [0.4, 0.5) is 0 Å². The van der Waals surface area contributed by atoms with Crippen LogP contribution in [0.1, 0.15) is 33.1 Å². The maximum absolute atomic E-state index is 6.89. The Kier molecular flexibility index (Phi) is 5.03. The molecule has 5 heteroatoms. The molecule has 0 N–H and O–H groups in total. The van der Waals surface area contributed by atoms with E-state index in [1.54, 1.807) is 0 Å². The lowest BCUT2D eigenvalue weighted by Crippen LogP contribution is -2.78. The van der Waals surface area contributed by atoms with Crippen LogP contribution < -0.4 is 0 Å². The molecule has 2 fully saturated rings. The summed E-state index contributed by atoms with van der Waals surface area (Å²) in [5, 5.41) is 0. The van der Waals surface area contributed by atoms with Crippen LogP contribution in [0.2, 0.25) is 44.8 Å². The van der Waals surface area contributed by atoms with Crippen LogP contribution in [-0.4, -0.2) is 52.7 Å². The first kappa shape index (κ1) is 17.9. The molecule has 0 radical (unpaired) electrons. The van der Waals surface area contributed by atoms with Crippen LogP contribution in [0, 0.1) is 0 Å². The van der Waals surface area contributed by atoms with Gasteiger partial charge in [0.05, 0.1) is 7.11 Å². The van der Waals surface area contributed by atoms with Gasteiger partial charge in [0.25, 0.3) is 0 Å². The summed E-state index contributed by atoms with van der Waals surface area (Å²) < 4.78 is 6.89. The molecule has 0 amide bonds. The number of likely N-dealkylation sites (tertiary alicyclic amines) is 1. The Bertz CT molecular complexity index is 378. The molecule has 1 unspecified atom stereocenters. The molecule has 0 aromatic heterocycles. The zero-order valence-corrected chi connectivity index (χ0v) is 18.5. The molecule has 0 aromatic carbocycles. The van der Waals surface area contributed by atoms with Gasteiger partial charge in [0.1, 0.15) is 0 Å². The molecule has 2 nitrogen and oxygen atoms in total. The molecule has 0 aromatic rings. The fraction of sp³-hybridized carbons (Fsp3) is 1.00. The van der Waals surface area contributed by atoms with E-state index in [2.05, 4.69) is 51.5 Å². The van der Waals surface area contributed by atoms with Crippen molar-refractivity contribution in [3.8, 4) is 0 Å². The minimum absolute atomic E-state index is 0.146. The lowest BCUT2D eigenvalue weighted by atomic mass is 10.2. The van der Waals surface area contributed by atoms with Gasteiger partial charge in [0.15, 0.2) is 7.83 Å². The van der Waals surface area contributed by atoms with Gasteiger partial charge in [-0.25, -0.2) is 0 Å². The summed E-state index contributed by atoms with van der Waals surface area (Å²) in [7, 11) is -3.84. The molecule has 0 spiro atoms. The van der Waals surface area contributed by atoms with Gasteiger partial charge >= 0.3 is 0 Å². The first-order chi connectivity index (χ1) is 9.49. The van der Waals surface area contributed by atoms with Crippen molar-refractivity contribution < 1.29 is 4.43 Å². The van der Waals surface area contributed by atoms with Crippen LogP contribution in [0.15, 0.2) is 0 Å². The maximum atomic E-state index is 6.89. The largest absolute Gasteiger partial charge is 0.415 e. The summed E-state index contributed by atoms with van der Waals surface area (Å²) in [6.45, 7) is 22.0. The van der Waals surface area contributed by atoms with Crippen molar-refractivity contribution in [3.05, 3.63) is 0 Å². The molecule has 0 saturated carbocycles. The van der Waals surface area contributed by atoms with Crippen molar-refractivity contribution in [2.24, 2.45) is 0 Å². The molecule has 2 saturated heterocycles. The minimum Gasteiger partial charge on any atom is -0.415 e. The highest BCUT2D eigenvalue weighted by molar-refractivity contribution is 7.67. The second kappa shape index (κ2) is 5.89. The highest BCUT2D eigenvalue weighted by Gasteiger charge is 2.62. The quantitative estimate of drug-likeness (QED) is 0.700. The number of nitrogens with zero attached hydrogens (tertiary/aromatic N) is 1. The van der Waals surface area contributed by atoms with Crippen molar-refractivity contribution in [1.29, 1.82) is 0 Å². The van der Waals surface area contributed by atoms with Crippen molar-refractivity contribution in [2.75, 3.05) is 19.6 Å². The van der Waals surface area contributed by atoms with Gasteiger partial charge < -0.3 is 9.33 Å². The first-order valence-electron chi connectivity index (χ1n) is 8.92. The summed E-state index contributed by atoms with van der Waals surface area (Å²) in [5.41, 5.74) is 0.146. The van der Waals surface area contributed by atoms with Crippen LogP contribution in [0.25, 0.3) is 0 Å². The Morgan fingerprint density at radius 1 is 1.00 bits per heavy atom. The van der Waals surface area contributed by atoms with Crippen molar-refractivity contribution in [3.63, 3.8) is 0 Å². The summed E-state index contributed by atoms with van der Waals surface area (Å²) in [6, 6.07) is 2.77. The summed E-state index contributed by atoms with van der Waals surface area (Å²) in [4.78, 5) is 2.67. The standard InChI is InChI=1S/C16H37NOSi3/c1-16(2)15-19(3,4)20(5,6)21(7,18-16)14-10-13-17-11-8-9-12-17/h8-15H2,1-7H3. The zero-order valence-electron chi connectivity index (χ0n) is 15.5. The Balaban J connectivity index is 2.05. The van der Waals surface area contributed by atoms with E-state index >= 15 is 0 Å². The normalized spacial score (nSPS) is 35.0. The molecule has 1 atom stereocenters. The van der Waals surface area contributed by atoms with Crippen molar-refractivity contribution in [1.82, 2.24) is 4.90 Å². The fourth-order valence-corrected chi connectivity index (χ4v) is 38.3. The Morgan fingerprint density at radius 3 is 2.14 bits per heavy atom. The van der Waals surface area contributed by atoms with E-state index in [-0.39, 0.29) is 5.60 Å².